The van der Waals surface area contributed by atoms with E-state index in [1.807, 2.05) is 18.2 Å². The van der Waals surface area contributed by atoms with Gasteiger partial charge in [0.2, 0.25) is 0 Å². The highest BCUT2D eigenvalue weighted by molar-refractivity contribution is 6.29. The van der Waals surface area contributed by atoms with Crippen molar-refractivity contribution in [1.82, 2.24) is 9.97 Å². The van der Waals surface area contributed by atoms with Crippen molar-refractivity contribution in [2.45, 2.75) is 6.42 Å². The quantitative estimate of drug-likeness (QED) is 0.843. The van der Waals surface area contributed by atoms with Gasteiger partial charge in [0.25, 0.3) is 0 Å². The summed E-state index contributed by atoms with van der Waals surface area (Å²) in [6, 6.07) is 9.70. The van der Waals surface area contributed by atoms with Crippen LogP contribution < -0.4 is 10.1 Å². The number of rotatable bonds is 5. The van der Waals surface area contributed by atoms with Crippen LogP contribution in [0.1, 0.15) is 5.56 Å². The van der Waals surface area contributed by atoms with Crippen LogP contribution in [0.25, 0.3) is 0 Å². The normalized spacial score (nSPS) is 10.1. The zero-order valence-electron chi connectivity index (χ0n) is 10.1. The second kappa shape index (κ2) is 6.21. The fourth-order valence-electron chi connectivity index (χ4n) is 1.59. The largest absolute Gasteiger partial charge is 0.497 e. The first kappa shape index (κ1) is 12.6. The topological polar surface area (TPSA) is 47.0 Å². The van der Waals surface area contributed by atoms with Crippen LogP contribution in [0.3, 0.4) is 0 Å². The highest BCUT2D eigenvalue weighted by atomic mass is 35.5. The number of hydrogen-bond donors (Lipinski definition) is 1. The lowest BCUT2D eigenvalue weighted by Gasteiger charge is -2.06. The molecule has 0 radical (unpaired) electrons. The highest BCUT2D eigenvalue weighted by Crippen LogP contribution is 2.13. The van der Waals surface area contributed by atoms with Gasteiger partial charge in [-0.05, 0) is 24.1 Å². The van der Waals surface area contributed by atoms with Gasteiger partial charge in [-0.25, -0.2) is 9.97 Å². The predicted molar refractivity (Wildman–Crippen MR) is 72.2 cm³/mol. The SMILES string of the molecule is COc1cccc(CCNc2cc(Cl)ncn2)c1. The van der Waals surface area contributed by atoms with Crippen LogP contribution >= 0.6 is 11.6 Å². The molecular weight excluding hydrogens is 250 g/mol. The Labute approximate surface area is 111 Å². The number of aromatic nitrogens is 2. The van der Waals surface area contributed by atoms with Crippen molar-refractivity contribution in [3.05, 3.63) is 47.4 Å². The van der Waals surface area contributed by atoms with Gasteiger partial charge >= 0.3 is 0 Å². The molecule has 18 heavy (non-hydrogen) atoms. The van der Waals surface area contributed by atoms with Crippen molar-refractivity contribution < 1.29 is 4.74 Å². The number of benzene rings is 1. The number of ether oxygens (including phenoxy) is 1. The molecule has 0 unspecified atom stereocenters. The summed E-state index contributed by atoms with van der Waals surface area (Å²) in [5.41, 5.74) is 1.21. The van der Waals surface area contributed by atoms with E-state index in [0.717, 1.165) is 24.5 Å². The van der Waals surface area contributed by atoms with Crippen LogP contribution in [-0.4, -0.2) is 23.6 Å². The van der Waals surface area contributed by atoms with Gasteiger partial charge in [0.05, 0.1) is 7.11 Å². The van der Waals surface area contributed by atoms with Gasteiger partial charge in [-0.1, -0.05) is 23.7 Å². The molecule has 0 saturated heterocycles. The number of hydrogen-bond acceptors (Lipinski definition) is 4. The molecule has 0 aliphatic heterocycles. The standard InChI is InChI=1S/C13H14ClN3O/c1-18-11-4-2-3-10(7-11)5-6-15-13-8-12(14)16-9-17-13/h2-4,7-9H,5-6H2,1H3,(H,15,16,17). The summed E-state index contributed by atoms with van der Waals surface area (Å²) >= 11 is 5.77. The minimum atomic E-state index is 0.439. The van der Waals surface area contributed by atoms with Gasteiger partial charge in [0.1, 0.15) is 23.0 Å². The first-order valence-electron chi connectivity index (χ1n) is 5.62. The second-order valence-corrected chi connectivity index (χ2v) is 4.14. The summed E-state index contributed by atoms with van der Waals surface area (Å²) in [6.45, 7) is 0.778. The van der Waals surface area contributed by atoms with E-state index in [1.54, 1.807) is 13.2 Å². The number of nitrogens with zero attached hydrogens (tertiary/aromatic N) is 2. The van der Waals surface area contributed by atoms with Crippen LogP contribution in [0.5, 0.6) is 5.75 Å². The fraction of sp³-hybridized carbons (Fsp3) is 0.231. The molecule has 0 atom stereocenters. The van der Waals surface area contributed by atoms with Gasteiger partial charge in [0, 0.05) is 12.6 Å². The molecule has 2 aromatic rings. The molecule has 1 aromatic heterocycles. The highest BCUT2D eigenvalue weighted by Gasteiger charge is 1.98. The van der Waals surface area contributed by atoms with E-state index in [9.17, 15) is 0 Å². The first-order chi connectivity index (χ1) is 8.78. The Kier molecular flexibility index (Phi) is 4.36. The van der Waals surface area contributed by atoms with E-state index in [-0.39, 0.29) is 0 Å². The summed E-state index contributed by atoms with van der Waals surface area (Å²) in [5.74, 6) is 1.61. The van der Waals surface area contributed by atoms with Crippen molar-refractivity contribution in [1.29, 1.82) is 0 Å². The summed E-state index contributed by atoms with van der Waals surface area (Å²) < 4.78 is 5.18. The molecular formula is C13H14ClN3O. The average molecular weight is 264 g/mol. The smallest absolute Gasteiger partial charge is 0.134 e. The Morgan fingerprint density at radius 2 is 2.17 bits per heavy atom. The van der Waals surface area contributed by atoms with Gasteiger partial charge in [-0.3, -0.25) is 0 Å². The maximum absolute atomic E-state index is 5.77. The molecule has 0 amide bonds. The van der Waals surface area contributed by atoms with E-state index >= 15 is 0 Å². The Morgan fingerprint density at radius 1 is 1.28 bits per heavy atom. The van der Waals surface area contributed by atoms with Crippen molar-refractivity contribution in [2.24, 2.45) is 0 Å². The lowest BCUT2D eigenvalue weighted by molar-refractivity contribution is 0.414. The summed E-state index contributed by atoms with van der Waals surface area (Å²) in [7, 11) is 1.67. The lowest BCUT2D eigenvalue weighted by Crippen LogP contribution is -2.06. The fourth-order valence-corrected chi connectivity index (χ4v) is 1.74. The van der Waals surface area contributed by atoms with Gasteiger partial charge in [-0.2, -0.15) is 0 Å². The lowest BCUT2D eigenvalue weighted by atomic mass is 10.1. The van der Waals surface area contributed by atoms with E-state index in [4.69, 9.17) is 16.3 Å². The number of nitrogens with one attached hydrogen (secondary N) is 1. The number of halogens is 1. The molecule has 0 bridgehead atoms. The number of anilines is 1. The molecule has 94 valence electrons. The molecule has 1 N–H and O–H groups in total. The van der Waals surface area contributed by atoms with E-state index in [2.05, 4.69) is 21.4 Å². The Hall–Kier alpha value is -1.81. The third-order valence-electron chi connectivity index (χ3n) is 2.49. The molecule has 2 rings (SSSR count). The summed E-state index contributed by atoms with van der Waals surface area (Å²) in [5, 5.41) is 3.63. The van der Waals surface area contributed by atoms with Crippen molar-refractivity contribution in [3.8, 4) is 5.75 Å². The van der Waals surface area contributed by atoms with Crippen LogP contribution in [-0.2, 0) is 6.42 Å². The third-order valence-corrected chi connectivity index (χ3v) is 2.69. The molecule has 0 aliphatic carbocycles. The molecule has 0 spiro atoms. The van der Waals surface area contributed by atoms with E-state index in [1.165, 1.54) is 11.9 Å². The molecule has 0 fully saturated rings. The van der Waals surface area contributed by atoms with Gasteiger partial charge in [0.15, 0.2) is 0 Å². The van der Waals surface area contributed by atoms with E-state index < -0.39 is 0 Å². The minimum Gasteiger partial charge on any atom is -0.497 e. The summed E-state index contributed by atoms with van der Waals surface area (Å²) in [4.78, 5) is 7.90. The Morgan fingerprint density at radius 3 is 2.94 bits per heavy atom. The zero-order valence-corrected chi connectivity index (χ0v) is 10.8. The second-order valence-electron chi connectivity index (χ2n) is 3.75. The van der Waals surface area contributed by atoms with Crippen molar-refractivity contribution in [2.75, 3.05) is 19.0 Å². The Bertz CT molecular complexity index is 519. The maximum Gasteiger partial charge on any atom is 0.134 e. The van der Waals surface area contributed by atoms with Crippen LogP contribution in [0.2, 0.25) is 5.15 Å². The third kappa shape index (κ3) is 3.60. The van der Waals surface area contributed by atoms with Crippen molar-refractivity contribution in [3.63, 3.8) is 0 Å². The van der Waals surface area contributed by atoms with Crippen LogP contribution in [0, 0.1) is 0 Å². The van der Waals surface area contributed by atoms with Gasteiger partial charge in [-0.15, -0.1) is 0 Å². The molecule has 1 aromatic carbocycles. The molecule has 4 nitrogen and oxygen atoms in total. The molecule has 1 heterocycles. The summed E-state index contributed by atoms with van der Waals surface area (Å²) in [6.07, 6.45) is 2.33. The predicted octanol–water partition coefficient (Wildman–Crippen LogP) is 2.79. The first-order valence-corrected chi connectivity index (χ1v) is 6.00. The number of methoxy groups -OCH3 is 1. The van der Waals surface area contributed by atoms with Crippen LogP contribution in [0.4, 0.5) is 5.82 Å². The minimum absolute atomic E-state index is 0.439. The van der Waals surface area contributed by atoms with E-state index in [0.29, 0.717) is 5.15 Å². The zero-order chi connectivity index (χ0) is 12.8. The maximum atomic E-state index is 5.77. The molecule has 0 saturated carbocycles. The molecule has 0 aliphatic rings. The van der Waals surface area contributed by atoms with Crippen molar-refractivity contribution >= 4 is 17.4 Å². The van der Waals surface area contributed by atoms with Crippen LogP contribution in [0.15, 0.2) is 36.7 Å². The monoisotopic (exact) mass is 263 g/mol. The molecule has 5 heteroatoms. The Balaban J connectivity index is 1.88. The average Bonchev–Trinajstić information content (AvgIpc) is 2.39. The van der Waals surface area contributed by atoms with Gasteiger partial charge < -0.3 is 10.1 Å².